The van der Waals surface area contributed by atoms with Gasteiger partial charge in [-0.05, 0) is 55.7 Å². The van der Waals surface area contributed by atoms with Gasteiger partial charge >= 0.3 is 0 Å². The Bertz CT molecular complexity index is 1980. The lowest BCUT2D eigenvalue weighted by molar-refractivity contribution is 0.0224. The fraction of sp³-hybridized carbons (Fsp3) is 0.294. The van der Waals surface area contributed by atoms with Crippen LogP contribution in [0.2, 0.25) is 5.02 Å². The third-order valence-electron chi connectivity index (χ3n) is 7.91. The maximum absolute atomic E-state index is 13.6. The predicted octanol–water partition coefficient (Wildman–Crippen LogP) is 5.42. The van der Waals surface area contributed by atoms with Gasteiger partial charge < -0.3 is 29.0 Å². The van der Waals surface area contributed by atoms with Gasteiger partial charge in [-0.25, -0.2) is 14.6 Å². The Morgan fingerprint density at radius 3 is 2.38 bits per heavy atom. The van der Waals surface area contributed by atoms with E-state index in [1.807, 2.05) is 35.0 Å². The molecule has 0 fully saturated rings. The number of hydrogen-bond acceptors (Lipinski definition) is 9. The molecule has 2 aliphatic heterocycles. The molecule has 47 heavy (non-hydrogen) atoms. The number of para-hydroxylation sites is 1. The lowest BCUT2D eigenvalue weighted by Gasteiger charge is -2.19. The Hall–Kier alpha value is -4.91. The van der Waals surface area contributed by atoms with Gasteiger partial charge in [0.2, 0.25) is 5.88 Å². The van der Waals surface area contributed by atoms with E-state index in [-0.39, 0.29) is 22.0 Å². The van der Waals surface area contributed by atoms with Gasteiger partial charge in [-0.15, -0.1) is 0 Å². The van der Waals surface area contributed by atoms with Crippen LogP contribution < -0.4 is 25.1 Å². The quantitative estimate of drug-likeness (QED) is 0.263. The highest BCUT2D eigenvalue weighted by Gasteiger charge is 2.28. The molecule has 242 valence electrons. The van der Waals surface area contributed by atoms with Crippen LogP contribution in [0.3, 0.4) is 0 Å². The van der Waals surface area contributed by atoms with Crippen molar-refractivity contribution in [1.29, 1.82) is 0 Å². The Morgan fingerprint density at radius 1 is 0.872 bits per heavy atom. The molecule has 2 aromatic heterocycles. The van der Waals surface area contributed by atoms with Crippen molar-refractivity contribution >= 4 is 34.1 Å². The number of anilines is 1. The van der Waals surface area contributed by atoms with Crippen molar-refractivity contribution in [3.05, 3.63) is 93.6 Å². The number of aromatic nitrogens is 4. The summed E-state index contributed by atoms with van der Waals surface area (Å²) in [6.07, 6.45) is 3.86. The minimum atomic E-state index is -0.490. The summed E-state index contributed by atoms with van der Waals surface area (Å²) in [5.74, 6) is 1.09. The predicted molar refractivity (Wildman–Crippen MR) is 175 cm³/mol. The van der Waals surface area contributed by atoms with Crippen LogP contribution in [0, 0.1) is 0 Å². The highest BCUT2D eigenvalue weighted by Crippen LogP contribution is 2.38. The lowest BCUT2D eigenvalue weighted by Crippen LogP contribution is -2.25. The van der Waals surface area contributed by atoms with Crippen LogP contribution in [-0.4, -0.2) is 64.9 Å². The average molecular weight is 658 g/mol. The molecule has 0 bridgehead atoms. The zero-order valence-corrected chi connectivity index (χ0v) is 26.2. The fourth-order valence-corrected chi connectivity index (χ4v) is 5.95. The second-order valence-corrected chi connectivity index (χ2v) is 11.4. The lowest BCUT2D eigenvalue weighted by atomic mass is 10.1. The summed E-state index contributed by atoms with van der Waals surface area (Å²) in [6.45, 7) is 3.09. The Morgan fingerprint density at radius 2 is 1.62 bits per heavy atom. The van der Waals surface area contributed by atoms with E-state index in [4.69, 9.17) is 35.3 Å². The van der Waals surface area contributed by atoms with Crippen molar-refractivity contribution in [2.75, 3.05) is 45.0 Å². The van der Waals surface area contributed by atoms with Crippen molar-refractivity contribution in [2.24, 2.45) is 0 Å². The van der Waals surface area contributed by atoms with E-state index in [9.17, 15) is 9.59 Å². The number of amides is 1. The first-order valence-corrected chi connectivity index (χ1v) is 15.8. The maximum atomic E-state index is 13.6. The zero-order chi connectivity index (χ0) is 32.2. The third kappa shape index (κ3) is 6.53. The number of benzene rings is 3. The van der Waals surface area contributed by atoms with Crippen LogP contribution >= 0.6 is 11.6 Å². The van der Waals surface area contributed by atoms with E-state index < -0.39 is 5.91 Å². The third-order valence-corrected chi connectivity index (χ3v) is 8.21. The topological polar surface area (TPSA) is 128 Å². The number of nitrogens with zero attached hydrogens (tertiary/aromatic N) is 4. The van der Waals surface area contributed by atoms with E-state index in [2.05, 4.69) is 15.3 Å². The number of ether oxygens (including phenoxy) is 5. The van der Waals surface area contributed by atoms with Crippen molar-refractivity contribution < 1.29 is 28.5 Å². The molecule has 0 aliphatic carbocycles. The molecule has 2 aliphatic rings. The van der Waals surface area contributed by atoms with Crippen LogP contribution in [0.25, 0.3) is 16.6 Å². The zero-order valence-electron chi connectivity index (χ0n) is 25.4. The van der Waals surface area contributed by atoms with Gasteiger partial charge in [0.05, 0.1) is 53.7 Å². The molecule has 3 aromatic carbocycles. The van der Waals surface area contributed by atoms with Gasteiger partial charge in [0.1, 0.15) is 30.9 Å². The van der Waals surface area contributed by atoms with Crippen molar-refractivity contribution in [3.63, 3.8) is 0 Å². The standard InChI is InChI=1S/C34H32ClN5O7/c35-25-18-22(38-32(41)31-27-8-4-5-11-39(27)40(34(31)42)23-6-2-1-3-7-23)9-10-28(25)47-33-24-19-29-30(20-26(24)36-21-37-33)46-17-15-44-13-12-43-14-16-45-29/h1-3,6-7,9-10,18-21H,4-5,8,11-17H2,(H,38,41). The first-order valence-electron chi connectivity index (χ1n) is 15.5. The molecular weight excluding hydrogens is 626 g/mol. The number of rotatable bonds is 5. The van der Waals surface area contributed by atoms with Crippen molar-refractivity contribution in [2.45, 2.75) is 25.8 Å². The number of fused-ring (bicyclic) bond motifs is 3. The maximum Gasteiger partial charge on any atom is 0.284 e. The van der Waals surface area contributed by atoms with Gasteiger partial charge in [-0.3, -0.25) is 14.3 Å². The molecule has 0 atom stereocenters. The van der Waals surface area contributed by atoms with E-state index in [1.165, 1.54) is 6.33 Å². The first-order chi connectivity index (χ1) is 23.1. The monoisotopic (exact) mass is 657 g/mol. The Balaban J connectivity index is 1.13. The average Bonchev–Trinajstić information content (AvgIpc) is 3.38. The van der Waals surface area contributed by atoms with E-state index in [1.54, 1.807) is 35.0 Å². The summed E-state index contributed by atoms with van der Waals surface area (Å²) >= 11 is 6.65. The highest BCUT2D eigenvalue weighted by atomic mass is 35.5. The number of carbonyl (C=O) groups excluding carboxylic acids is 1. The van der Waals surface area contributed by atoms with E-state index in [0.717, 1.165) is 18.5 Å². The van der Waals surface area contributed by atoms with E-state index >= 15 is 0 Å². The molecule has 0 unspecified atom stereocenters. The summed E-state index contributed by atoms with van der Waals surface area (Å²) in [5, 5.41) is 3.68. The molecule has 0 spiro atoms. The fourth-order valence-electron chi connectivity index (χ4n) is 5.74. The molecule has 0 saturated heterocycles. The summed E-state index contributed by atoms with van der Waals surface area (Å²) in [6, 6.07) is 17.7. The highest BCUT2D eigenvalue weighted by molar-refractivity contribution is 6.32. The summed E-state index contributed by atoms with van der Waals surface area (Å²) in [4.78, 5) is 35.9. The molecule has 0 saturated carbocycles. The SMILES string of the molecule is O=C(Nc1ccc(Oc2ncnc3cc4c(cc23)OCCOCCOCCO4)c(Cl)c1)c1c2n(n(-c3ccccc3)c1=O)CCCC2. The molecule has 5 aromatic rings. The van der Waals surface area contributed by atoms with Gasteiger partial charge in [0.25, 0.3) is 11.5 Å². The Kier molecular flexibility index (Phi) is 9.05. The number of hydrogen-bond donors (Lipinski definition) is 1. The van der Waals surface area contributed by atoms with Crippen molar-refractivity contribution in [1.82, 2.24) is 19.3 Å². The van der Waals surface area contributed by atoms with E-state index in [0.29, 0.717) is 92.1 Å². The number of nitrogens with one attached hydrogen (secondary N) is 1. The minimum absolute atomic E-state index is 0.134. The van der Waals surface area contributed by atoms with Crippen LogP contribution in [0.15, 0.2) is 71.8 Å². The molecule has 13 heteroatoms. The number of carbonyl (C=O) groups is 1. The summed E-state index contributed by atoms with van der Waals surface area (Å²) in [7, 11) is 0. The van der Waals surface area contributed by atoms with Crippen LogP contribution in [0.4, 0.5) is 5.69 Å². The summed E-state index contributed by atoms with van der Waals surface area (Å²) in [5.41, 5.74) is 2.22. The minimum Gasteiger partial charge on any atom is -0.487 e. The van der Waals surface area contributed by atoms with Gasteiger partial charge in [-0.2, -0.15) is 0 Å². The molecule has 1 N–H and O–H groups in total. The molecule has 12 nitrogen and oxygen atoms in total. The first kappa shape index (κ1) is 30.7. The van der Waals surface area contributed by atoms with Gasteiger partial charge in [0, 0.05) is 18.3 Å². The Labute approximate surface area is 274 Å². The van der Waals surface area contributed by atoms with Gasteiger partial charge in [-0.1, -0.05) is 29.8 Å². The second-order valence-electron chi connectivity index (χ2n) is 11.0. The van der Waals surface area contributed by atoms with Crippen LogP contribution in [-0.2, 0) is 22.4 Å². The smallest absolute Gasteiger partial charge is 0.284 e. The molecule has 1 amide bonds. The largest absolute Gasteiger partial charge is 0.487 e. The van der Waals surface area contributed by atoms with Crippen molar-refractivity contribution in [3.8, 4) is 28.8 Å². The normalized spacial score (nSPS) is 15.3. The molecular formula is C34H32ClN5O7. The second kappa shape index (κ2) is 13.8. The summed E-state index contributed by atoms with van der Waals surface area (Å²) < 4.78 is 32.6. The van der Waals surface area contributed by atoms with Crippen LogP contribution in [0.5, 0.6) is 23.1 Å². The molecule has 0 radical (unpaired) electrons. The number of halogens is 1. The van der Waals surface area contributed by atoms with Crippen LogP contribution in [0.1, 0.15) is 28.9 Å². The van der Waals surface area contributed by atoms with Gasteiger partial charge in [0.15, 0.2) is 11.5 Å². The molecule has 7 rings (SSSR count). The molecule has 4 heterocycles.